The lowest BCUT2D eigenvalue weighted by Crippen LogP contribution is -1.93. The van der Waals surface area contributed by atoms with Gasteiger partial charge >= 0.3 is 0 Å². The number of H-pyrrole nitrogens is 1. The quantitative estimate of drug-likeness (QED) is 0.681. The molecular formula is C13H11N3O. The molecule has 4 heteroatoms. The normalized spacial score (nSPS) is 10.9. The Morgan fingerprint density at radius 1 is 1.35 bits per heavy atom. The number of hydrogen-bond acceptors (Lipinski definition) is 2. The molecule has 0 atom stereocenters. The van der Waals surface area contributed by atoms with Crippen molar-refractivity contribution in [3.8, 4) is 11.3 Å². The van der Waals surface area contributed by atoms with Crippen LogP contribution in [0.4, 0.5) is 0 Å². The van der Waals surface area contributed by atoms with E-state index in [2.05, 4.69) is 9.97 Å². The van der Waals surface area contributed by atoms with E-state index in [0.717, 1.165) is 28.4 Å². The van der Waals surface area contributed by atoms with Crippen molar-refractivity contribution >= 4 is 17.2 Å². The van der Waals surface area contributed by atoms with Gasteiger partial charge in [-0.2, -0.15) is 0 Å². The van der Waals surface area contributed by atoms with Crippen LogP contribution in [0.25, 0.3) is 22.2 Å². The van der Waals surface area contributed by atoms with E-state index >= 15 is 0 Å². The lowest BCUT2D eigenvalue weighted by atomic mass is 10.1. The van der Waals surface area contributed by atoms with Crippen LogP contribution in [0, 0.1) is 0 Å². The summed E-state index contributed by atoms with van der Waals surface area (Å²) in [4.78, 5) is 18.5. The average Bonchev–Trinajstić information content (AvgIpc) is 2.92. The fourth-order valence-electron chi connectivity index (χ4n) is 2.05. The van der Waals surface area contributed by atoms with Crippen LogP contribution in [0.15, 0.2) is 36.8 Å². The van der Waals surface area contributed by atoms with Crippen LogP contribution < -0.4 is 0 Å². The summed E-state index contributed by atoms with van der Waals surface area (Å²) in [5.41, 5.74) is 3.32. The predicted molar refractivity (Wildman–Crippen MR) is 65.9 cm³/mol. The number of aryl methyl sites for hydroxylation is 1. The second kappa shape index (κ2) is 3.59. The topological polar surface area (TPSA) is 50.7 Å². The molecule has 2 heterocycles. The number of fused-ring (bicyclic) bond motifs is 1. The minimum absolute atomic E-state index is 0.592. The molecule has 4 nitrogen and oxygen atoms in total. The largest absolute Gasteiger partial charge is 0.360 e. The van der Waals surface area contributed by atoms with E-state index in [1.165, 1.54) is 0 Å². The van der Waals surface area contributed by atoms with Gasteiger partial charge in [0.25, 0.3) is 0 Å². The summed E-state index contributed by atoms with van der Waals surface area (Å²) < 4.78 is 1.73. The molecule has 0 unspecified atom stereocenters. The van der Waals surface area contributed by atoms with E-state index in [-0.39, 0.29) is 0 Å². The Morgan fingerprint density at radius 2 is 2.18 bits per heavy atom. The fourth-order valence-corrected chi connectivity index (χ4v) is 2.05. The maximum Gasteiger partial charge on any atom is 0.168 e. The van der Waals surface area contributed by atoms with Crippen molar-refractivity contribution in [1.82, 2.24) is 14.5 Å². The molecular weight excluding hydrogens is 214 g/mol. The first kappa shape index (κ1) is 9.84. The Hall–Kier alpha value is -2.36. The maximum absolute atomic E-state index is 11.1. The van der Waals surface area contributed by atoms with E-state index < -0.39 is 0 Å². The number of carbonyl (C=O) groups is 1. The van der Waals surface area contributed by atoms with E-state index in [0.29, 0.717) is 5.69 Å². The molecule has 84 valence electrons. The summed E-state index contributed by atoms with van der Waals surface area (Å²) in [7, 11) is 1.81. The molecule has 0 amide bonds. The smallest absolute Gasteiger partial charge is 0.168 e. The molecule has 0 spiro atoms. The number of aromatic amines is 1. The summed E-state index contributed by atoms with van der Waals surface area (Å²) in [5, 5.41) is 1.08. The molecule has 3 rings (SSSR count). The van der Waals surface area contributed by atoms with Gasteiger partial charge in [0, 0.05) is 29.7 Å². The van der Waals surface area contributed by atoms with Crippen LogP contribution in [-0.4, -0.2) is 20.8 Å². The number of nitrogens with one attached hydrogen (secondary N) is 1. The first-order valence-corrected chi connectivity index (χ1v) is 5.34. The van der Waals surface area contributed by atoms with Gasteiger partial charge in [-0.05, 0) is 6.07 Å². The molecule has 0 fully saturated rings. The minimum Gasteiger partial charge on any atom is -0.360 e. The third-order valence-electron chi connectivity index (χ3n) is 2.94. The van der Waals surface area contributed by atoms with Gasteiger partial charge in [0.2, 0.25) is 0 Å². The van der Waals surface area contributed by atoms with Crippen LogP contribution >= 0.6 is 0 Å². The predicted octanol–water partition coefficient (Wildman–Crippen LogP) is 2.38. The second-order valence-electron chi connectivity index (χ2n) is 3.96. The van der Waals surface area contributed by atoms with Gasteiger partial charge in [0.15, 0.2) is 6.29 Å². The second-order valence-corrected chi connectivity index (χ2v) is 3.96. The Bertz CT molecular complexity index is 694. The standard InChI is InChI=1S/C13H11N3O/c1-16-8-15-13(12(16)7-17)10-6-14-11-5-3-2-4-9(10)11/h2-8,14H,1H3. The number of imidazole rings is 1. The van der Waals surface area contributed by atoms with Crippen molar-refractivity contribution < 1.29 is 4.79 Å². The van der Waals surface area contributed by atoms with Crippen LogP contribution in [0.2, 0.25) is 0 Å². The summed E-state index contributed by atoms with van der Waals surface area (Å²) in [5.74, 6) is 0. The highest BCUT2D eigenvalue weighted by molar-refractivity contribution is 5.98. The lowest BCUT2D eigenvalue weighted by molar-refractivity contribution is 0.111. The van der Waals surface area contributed by atoms with Crippen molar-refractivity contribution in [2.24, 2.45) is 7.05 Å². The van der Waals surface area contributed by atoms with Crippen LogP contribution in [-0.2, 0) is 7.05 Å². The molecule has 0 aliphatic carbocycles. The number of hydrogen-bond donors (Lipinski definition) is 1. The molecule has 0 aliphatic heterocycles. The van der Waals surface area contributed by atoms with Gasteiger partial charge in [0.1, 0.15) is 11.4 Å². The third-order valence-corrected chi connectivity index (χ3v) is 2.94. The lowest BCUT2D eigenvalue weighted by Gasteiger charge is -1.97. The highest BCUT2D eigenvalue weighted by Crippen LogP contribution is 2.28. The molecule has 0 radical (unpaired) electrons. The molecule has 1 aromatic carbocycles. The number of carbonyl (C=O) groups excluding carboxylic acids is 1. The number of nitrogens with zero attached hydrogens (tertiary/aromatic N) is 2. The molecule has 0 aliphatic rings. The summed E-state index contributed by atoms with van der Waals surface area (Å²) in [6.45, 7) is 0. The molecule has 0 saturated heterocycles. The van der Waals surface area contributed by atoms with Gasteiger partial charge in [-0.15, -0.1) is 0 Å². The van der Waals surface area contributed by atoms with Crippen molar-refractivity contribution in [2.45, 2.75) is 0 Å². The number of benzene rings is 1. The monoisotopic (exact) mass is 225 g/mol. The van der Waals surface area contributed by atoms with Gasteiger partial charge < -0.3 is 9.55 Å². The van der Waals surface area contributed by atoms with E-state index in [9.17, 15) is 4.79 Å². The molecule has 17 heavy (non-hydrogen) atoms. The SMILES string of the molecule is Cn1cnc(-c2c[nH]c3ccccc23)c1C=O. The summed E-state index contributed by atoms with van der Waals surface area (Å²) in [6.07, 6.45) is 4.38. The number of rotatable bonds is 2. The average molecular weight is 225 g/mol. The number of aromatic nitrogens is 3. The van der Waals surface area contributed by atoms with Gasteiger partial charge in [-0.25, -0.2) is 4.98 Å². The van der Waals surface area contributed by atoms with Gasteiger partial charge in [0.05, 0.1) is 6.33 Å². The highest BCUT2D eigenvalue weighted by atomic mass is 16.1. The molecule has 2 aromatic heterocycles. The van der Waals surface area contributed by atoms with Crippen molar-refractivity contribution in [2.75, 3.05) is 0 Å². The first-order chi connectivity index (χ1) is 8.31. The molecule has 0 saturated carbocycles. The number of aldehydes is 1. The van der Waals surface area contributed by atoms with Crippen LogP contribution in [0.5, 0.6) is 0 Å². The Labute approximate surface area is 97.9 Å². The molecule has 1 N–H and O–H groups in total. The zero-order valence-corrected chi connectivity index (χ0v) is 9.34. The van der Waals surface area contributed by atoms with Crippen LogP contribution in [0.3, 0.4) is 0 Å². The first-order valence-electron chi connectivity index (χ1n) is 5.34. The summed E-state index contributed by atoms with van der Waals surface area (Å²) in [6, 6.07) is 7.97. The van der Waals surface area contributed by atoms with Crippen molar-refractivity contribution in [3.05, 3.63) is 42.5 Å². The van der Waals surface area contributed by atoms with Crippen molar-refractivity contribution in [1.29, 1.82) is 0 Å². The van der Waals surface area contributed by atoms with Gasteiger partial charge in [-0.3, -0.25) is 4.79 Å². The summed E-state index contributed by atoms with van der Waals surface area (Å²) >= 11 is 0. The minimum atomic E-state index is 0.592. The highest BCUT2D eigenvalue weighted by Gasteiger charge is 2.13. The third kappa shape index (κ3) is 1.38. The van der Waals surface area contributed by atoms with E-state index in [4.69, 9.17) is 0 Å². The zero-order valence-electron chi connectivity index (χ0n) is 9.34. The molecule has 0 bridgehead atoms. The Morgan fingerprint density at radius 3 is 3.00 bits per heavy atom. The van der Waals surface area contributed by atoms with E-state index in [1.807, 2.05) is 37.5 Å². The maximum atomic E-state index is 11.1. The van der Waals surface area contributed by atoms with E-state index in [1.54, 1.807) is 10.9 Å². The fraction of sp³-hybridized carbons (Fsp3) is 0.0769. The zero-order chi connectivity index (χ0) is 11.8. The molecule has 3 aromatic rings. The Balaban J connectivity index is 2.31. The van der Waals surface area contributed by atoms with Crippen LogP contribution in [0.1, 0.15) is 10.5 Å². The van der Waals surface area contributed by atoms with Crippen molar-refractivity contribution in [3.63, 3.8) is 0 Å². The van der Waals surface area contributed by atoms with Gasteiger partial charge in [-0.1, -0.05) is 18.2 Å². The number of para-hydroxylation sites is 1. The Kier molecular flexibility index (Phi) is 2.08.